The molecule has 0 radical (unpaired) electrons. The minimum atomic E-state index is -0.287. The molecule has 0 spiro atoms. The van der Waals surface area contributed by atoms with Crippen molar-refractivity contribution in [2.75, 3.05) is 26.8 Å². The quantitative estimate of drug-likeness (QED) is 0.862. The summed E-state index contributed by atoms with van der Waals surface area (Å²) in [4.78, 5) is 0. The number of ether oxygens (including phenoxy) is 3. The average Bonchev–Trinajstić information content (AvgIpc) is 2.62. The van der Waals surface area contributed by atoms with Gasteiger partial charge < -0.3 is 19.5 Å². The van der Waals surface area contributed by atoms with Crippen molar-refractivity contribution in [1.82, 2.24) is 5.32 Å². The molecule has 2 atom stereocenters. The second-order valence-corrected chi connectivity index (χ2v) is 6.37. The van der Waals surface area contributed by atoms with E-state index >= 15 is 0 Å². The van der Waals surface area contributed by atoms with Crippen LogP contribution in [0.2, 0.25) is 10.0 Å². The Labute approximate surface area is 151 Å². The van der Waals surface area contributed by atoms with Crippen molar-refractivity contribution in [3.63, 3.8) is 0 Å². The molecule has 1 fully saturated rings. The molecule has 1 saturated heterocycles. The van der Waals surface area contributed by atoms with Crippen molar-refractivity contribution < 1.29 is 14.2 Å². The van der Waals surface area contributed by atoms with Gasteiger partial charge in [0.15, 0.2) is 17.6 Å². The minimum Gasteiger partial charge on any atom is -0.493 e. The standard InChI is InChI=1S/C18H19Cl2NO3/c1-22-16-10-14(20)6-7-15(16)24-18(17-11-21-8-9-23-17)12-2-4-13(19)5-3-12/h2-7,10,17-18,21H,8-9,11H2,1H3/t17-,18-/m0/s1. The molecule has 2 aromatic carbocycles. The van der Waals surface area contributed by atoms with Crippen LogP contribution in [-0.2, 0) is 4.74 Å². The first-order valence-corrected chi connectivity index (χ1v) is 8.51. The molecule has 3 rings (SSSR count). The Hall–Kier alpha value is -1.46. The molecule has 1 heterocycles. The normalized spacial score (nSPS) is 18.9. The highest BCUT2D eigenvalue weighted by molar-refractivity contribution is 6.31. The van der Waals surface area contributed by atoms with Crippen molar-refractivity contribution in [3.8, 4) is 11.5 Å². The van der Waals surface area contributed by atoms with E-state index in [4.69, 9.17) is 37.4 Å². The van der Waals surface area contributed by atoms with Crippen LogP contribution in [0, 0.1) is 0 Å². The van der Waals surface area contributed by atoms with Gasteiger partial charge in [0.25, 0.3) is 0 Å². The van der Waals surface area contributed by atoms with Gasteiger partial charge in [-0.25, -0.2) is 0 Å². The third-order valence-corrected chi connectivity index (χ3v) is 4.36. The van der Waals surface area contributed by atoms with Gasteiger partial charge in [-0.2, -0.15) is 0 Å². The zero-order valence-corrected chi connectivity index (χ0v) is 14.8. The van der Waals surface area contributed by atoms with Crippen molar-refractivity contribution in [3.05, 3.63) is 58.1 Å². The predicted octanol–water partition coefficient (Wildman–Crippen LogP) is 4.11. The molecular weight excluding hydrogens is 349 g/mol. The van der Waals surface area contributed by atoms with E-state index in [0.717, 1.165) is 12.1 Å². The zero-order valence-electron chi connectivity index (χ0n) is 13.3. The number of nitrogens with one attached hydrogen (secondary N) is 1. The summed E-state index contributed by atoms with van der Waals surface area (Å²) in [5, 5.41) is 4.62. The van der Waals surface area contributed by atoms with Gasteiger partial charge in [0.05, 0.1) is 13.7 Å². The summed E-state index contributed by atoms with van der Waals surface area (Å²) in [7, 11) is 1.59. The Morgan fingerprint density at radius 3 is 2.50 bits per heavy atom. The maximum Gasteiger partial charge on any atom is 0.162 e. The maximum atomic E-state index is 6.27. The second kappa shape index (κ2) is 8.08. The lowest BCUT2D eigenvalue weighted by molar-refractivity contribution is -0.0438. The summed E-state index contributed by atoms with van der Waals surface area (Å²) in [5.41, 5.74) is 0.991. The fraction of sp³-hybridized carbons (Fsp3) is 0.333. The number of halogens is 2. The second-order valence-electron chi connectivity index (χ2n) is 5.50. The summed E-state index contributed by atoms with van der Waals surface area (Å²) >= 11 is 12.0. The number of benzene rings is 2. The topological polar surface area (TPSA) is 39.7 Å². The molecule has 0 saturated carbocycles. The van der Waals surface area contributed by atoms with Crippen LogP contribution in [-0.4, -0.2) is 32.9 Å². The van der Waals surface area contributed by atoms with Crippen LogP contribution < -0.4 is 14.8 Å². The third kappa shape index (κ3) is 4.14. The molecule has 0 aliphatic carbocycles. The molecule has 6 heteroatoms. The smallest absolute Gasteiger partial charge is 0.162 e. The minimum absolute atomic E-state index is 0.111. The number of hydrogen-bond acceptors (Lipinski definition) is 4. The highest BCUT2D eigenvalue weighted by atomic mass is 35.5. The molecule has 2 aromatic rings. The van der Waals surface area contributed by atoms with E-state index in [2.05, 4.69) is 5.32 Å². The predicted molar refractivity (Wildman–Crippen MR) is 95.4 cm³/mol. The molecule has 0 amide bonds. The Morgan fingerprint density at radius 1 is 1.08 bits per heavy atom. The summed E-state index contributed by atoms with van der Waals surface area (Å²) < 4.78 is 17.6. The van der Waals surface area contributed by atoms with Crippen LogP contribution in [0.3, 0.4) is 0 Å². The Morgan fingerprint density at radius 2 is 1.83 bits per heavy atom. The highest BCUT2D eigenvalue weighted by Gasteiger charge is 2.28. The molecule has 0 bridgehead atoms. The highest BCUT2D eigenvalue weighted by Crippen LogP contribution is 2.35. The molecule has 128 valence electrons. The van der Waals surface area contributed by atoms with Crippen molar-refractivity contribution in [1.29, 1.82) is 0 Å². The molecule has 1 aliphatic rings. The molecule has 0 unspecified atom stereocenters. The fourth-order valence-corrected chi connectivity index (χ4v) is 2.95. The largest absolute Gasteiger partial charge is 0.493 e. The van der Waals surface area contributed by atoms with E-state index in [-0.39, 0.29) is 12.2 Å². The van der Waals surface area contributed by atoms with Gasteiger partial charge >= 0.3 is 0 Å². The number of rotatable bonds is 5. The molecule has 1 aliphatic heterocycles. The monoisotopic (exact) mass is 367 g/mol. The van der Waals surface area contributed by atoms with Crippen LogP contribution >= 0.6 is 23.2 Å². The first-order valence-electron chi connectivity index (χ1n) is 7.75. The molecule has 0 aromatic heterocycles. The Balaban J connectivity index is 1.91. The van der Waals surface area contributed by atoms with Crippen LogP contribution in [0.25, 0.3) is 0 Å². The molecular formula is C18H19Cl2NO3. The van der Waals surface area contributed by atoms with Crippen LogP contribution in [0.4, 0.5) is 0 Å². The van der Waals surface area contributed by atoms with Gasteiger partial charge in [0, 0.05) is 29.2 Å². The van der Waals surface area contributed by atoms with Crippen molar-refractivity contribution in [2.45, 2.75) is 12.2 Å². The first-order chi connectivity index (χ1) is 11.7. The summed E-state index contributed by atoms with van der Waals surface area (Å²) in [6.07, 6.45) is -0.398. The molecule has 1 N–H and O–H groups in total. The molecule has 4 nitrogen and oxygen atoms in total. The van der Waals surface area contributed by atoms with E-state index in [9.17, 15) is 0 Å². The maximum absolute atomic E-state index is 6.27. The average molecular weight is 368 g/mol. The van der Waals surface area contributed by atoms with E-state index in [1.54, 1.807) is 25.3 Å². The van der Waals surface area contributed by atoms with Gasteiger partial charge in [-0.3, -0.25) is 0 Å². The lowest BCUT2D eigenvalue weighted by atomic mass is 10.0. The van der Waals surface area contributed by atoms with Gasteiger partial charge in [-0.1, -0.05) is 35.3 Å². The van der Waals surface area contributed by atoms with E-state index < -0.39 is 0 Å². The van der Waals surface area contributed by atoms with E-state index in [0.29, 0.717) is 34.7 Å². The lowest BCUT2D eigenvalue weighted by Crippen LogP contribution is -2.43. The van der Waals surface area contributed by atoms with Gasteiger partial charge in [0.1, 0.15) is 6.10 Å². The van der Waals surface area contributed by atoms with E-state index in [1.807, 2.05) is 24.3 Å². The van der Waals surface area contributed by atoms with Crippen LogP contribution in [0.5, 0.6) is 11.5 Å². The van der Waals surface area contributed by atoms with Crippen molar-refractivity contribution in [2.24, 2.45) is 0 Å². The zero-order chi connectivity index (χ0) is 16.9. The summed E-state index contributed by atoms with van der Waals surface area (Å²) in [6.45, 7) is 2.20. The first kappa shape index (κ1) is 17.4. The third-order valence-electron chi connectivity index (χ3n) is 3.87. The Bertz CT molecular complexity index is 672. The van der Waals surface area contributed by atoms with Gasteiger partial charge in [-0.15, -0.1) is 0 Å². The molecule has 24 heavy (non-hydrogen) atoms. The van der Waals surface area contributed by atoms with Crippen LogP contribution in [0.1, 0.15) is 11.7 Å². The summed E-state index contributed by atoms with van der Waals surface area (Å²) in [5.74, 6) is 1.21. The Kier molecular flexibility index (Phi) is 5.85. The summed E-state index contributed by atoms with van der Waals surface area (Å²) in [6, 6.07) is 12.9. The fourth-order valence-electron chi connectivity index (χ4n) is 2.67. The van der Waals surface area contributed by atoms with Gasteiger partial charge in [-0.05, 0) is 29.8 Å². The number of hydrogen-bond donors (Lipinski definition) is 1. The van der Waals surface area contributed by atoms with Gasteiger partial charge in [0.2, 0.25) is 0 Å². The SMILES string of the molecule is COc1cc(Cl)ccc1O[C@@H](c1ccc(Cl)cc1)[C@@H]1CNCCO1. The number of methoxy groups -OCH3 is 1. The van der Waals surface area contributed by atoms with Crippen LogP contribution in [0.15, 0.2) is 42.5 Å². The number of morpholine rings is 1. The lowest BCUT2D eigenvalue weighted by Gasteiger charge is -2.32. The van der Waals surface area contributed by atoms with Crippen molar-refractivity contribution >= 4 is 23.2 Å². The van der Waals surface area contributed by atoms with E-state index in [1.165, 1.54) is 0 Å².